The van der Waals surface area contributed by atoms with Crippen molar-refractivity contribution in [2.45, 2.75) is 19.3 Å². The lowest BCUT2D eigenvalue weighted by Gasteiger charge is -2.13. The summed E-state index contributed by atoms with van der Waals surface area (Å²) in [5.41, 5.74) is 7.36. The van der Waals surface area contributed by atoms with Gasteiger partial charge in [0, 0.05) is 11.1 Å². The lowest BCUT2D eigenvalue weighted by atomic mass is 9.98. The standard InChI is InChI=1S/C27H23N5O4/c1-16(17-6-3-2-4-7-17)14-15-35-19-12-10-18(11-13-19)24(33)20-8-5-9-21-22(20)25(34)23(28)26(36-21)27-29-31-32-30-27/h2-13,16H,14-15,28H2,1H3,(H,29,30,31,32). The van der Waals surface area contributed by atoms with Crippen LogP contribution in [0.25, 0.3) is 22.6 Å². The lowest BCUT2D eigenvalue weighted by molar-refractivity contribution is 0.104. The summed E-state index contributed by atoms with van der Waals surface area (Å²) in [4.78, 5) is 26.4. The largest absolute Gasteiger partial charge is 0.494 e. The molecule has 1 unspecified atom stereocenters. The molecule has 0 saturated heterocycles. The highest BCUT2D eigenvalue weighted by Gasteiger charge is 2.22. The molecule has 36 heavy (non-hydrogen) atoms. The van der Waals surface area contributed by atoms with Crippen molar-refractivity contribution in [3.8, 4) is 17.3 Å². The normalized spacial score (nSPS) is 11.9. The van der Waals surface area contributed by atoms with E-state index in [2.05, 4.69) is 39.7 Å². The van der Waals surface area contributed by atoms with Gasteiger partial charge >= 0.3 is 0 Å². The van der Waals surface area contributed by atoms with Crippen LogP contribution >= 0.6 is 0 Å². The topological polar surface area (TPSA) is 137 Å². The molecule has 9 heteroatoms. The number of benzene rings is 3. The first-order valence-corrected chi connectivity index (χ1v) is 11.4. The van der Waals surface area contributed by atoms with Gasteiger partial charge in [0.25, 0.3) is 0 Å². The van der Waals surface area contributed by atoms with Crippen LogP contribution in [0.1, 0.15) is 40.7 Å². The quantitative estimate of drug-likeness (QED) is 0.312. The van der Waals surface area contributed by atoms with Gasteiger partial charge in [-0.05, 0) is 53.4 Å². The predicted octanol–water partition coefficient (Wildman–Crippen LogP) is 4.36. The van der Waals surface area contributed by atoms with Gasteiger partial charge in [0.1, 0.15) is 17.0 Å². The third-order valence-corrected chi connectivity index (χ3v) is 6.05. The van der Waals surface area contributed by atoms with Crippen LogP contribution in [0.15, 0.2) is 82.0 Å². The zero-order chi connectivity index (χ0) is 25.1. The highest BCUT2D eigenvalue weighted by molar-refractivity contribution is 6.16. The van der Waals surface area contributed by atoms with Crippen molar-refractivity contribution in [1.82, 2.24) is 20.6 Å². The maximum atomic E-state index is 13.3. The van der Waals surface area contributed by atoms with Gasteiger partial charge in [0.05, 0.1) is 12.0 Å². The van der Waals surface area contributed by atoms with E-state index in [0.29, 0.717) is 23.8 Å². The van der Waals surface area contributed by atoms with Gasteiger partial charge in [-0.15, -0.1) is 10.2 Å². The van der Waals surface area contributed by atoms with Gasteiger partial charge in [-0.25, -0.2) is 0 Å². The average molecular weight is 482 g/mol. The molecule has 0 radical (unpaired) electrons. The number of H-pyrrole nitrogens is 1. The summed E-state index contributed by atoms with van der Waals surface area (Å²) in [5, 5.41) is 13.5. The molecular weight excluding hydrogens is 458 g/mol. The number of hydrogen-bond donors (Lipinski definition) is 2. The Labute approximate surface area is 205 Å². The molecule has 5 rings (SSSR count). The number of nitrogen functional groups attached to an aromatic ring is 1. The highest BCUT2D eigenvalue weighted by Crippen LogP contribution is 2.27. The summed E-state index contributed by atoms with van der Waals surface area (Å²) in [6, 6.07) is 21.9. The van der Waals surface area contributed by atoms with Crippen molar-refractivity contribution in [3.05, 3.63) is 99.7 Å². The number of hydrogen-bond acceptors (Lipinski definition) is 8. The van der Waals surface area contributed by atoms with Crippen molar-refractivity contribution in [1.29, 1.82) is 0 Å². The second-order valence-electron chi connectivity index (χ2n) is 8.39. The molecular formula is C27H23N5O4. The Hall–Kier alpha value is -4.79. The fourth-order valence-corrected chi connectivity index (χ4v) is 4.03. The number of nitrogens with zero attached hydrogens (tertiary/aromatic N) is 3. The number of nitrogens with two attached hydrogens (primary N) is 1. The minimum absolute atomic E-state index is 0.00562. The average Bonchev–Trinajstić information content (AvgIpc) is 3.45. The van der Waals surface area contributed by atoms with Gasteiger partial charge in [0.15, 0.2) is 5.78 Å². The lowest BCUT2D eigenvalue weighted by Crippen LogP contribution is -2.14. The van der Waals surface area contributed by atoms with Gasteiger partial charge in [-0.2, -0.15) is 5.21 Å². The number of carbonyl (C=O) groups excluding carboxylic acids is 1. The minimum Gasteiger partial charge on any atom is -0.494 e. The van der Waals surface area contributed by atoms with Crippen molar-refractivity contribution >= 4 is 22.4 Å². The van der Waals surface area contributed by atoms with Crippen LogP contribution in [-0.2, 0) is 0 Å². The Bertz CT molecular complexity index is 1560. The highest BCUT2D eigenvalue weighted by atomic mass is 16.5. The molecule has 0 amide bonds. The van der Waals surface area contributed by atoms with Crippen LogP contribution in [0, 0.1) is 0 Å². The molecule has 0 fully saturated rings. The minimum atomic E-state index is -0.535. The van der Waals surface area contributed by atoms with Gasteiger partial charge in [0.2, 0.25) is 17.0 Å². The summed E-state index contributed by atoms with van der Waals surface area (Å²) < 4.78 is 11.7. The number of rotatable bonds is 8. The maximum Gasteiger partial charge on any atom is 0.242 e. The van der Waals surface area contributed by atoms with Crippen LogP contribution in [0.4, 0.5) is 5.69 Å². The molecule has 0 aliphatic carbocycles. The number of ketones is 1. The fourth-order valence-electron chi connectivity index (χ4n) is 4.03. The van der Waals surface area contributed by atoms with E-state index in [1.165, 1.54) is 5.56 Å². The third kappa shape index (κ3) is 4.46. The molecule has 180 valence electrons. The number of ether oxygens (including phenoxy) is 1. The first kappa shape index (κ1) is 23.0. The van der Waals surface area contributed by atoms with Crippen LogP contribution in [0.5, 0.6) is 5.75 Å². The predicted molar refractivity (Wildman–Crippen MR) is 135 cm³/mol. The summed E-state index contributed by atoms with van der Waals surface area (Å²) in [6.45, 7) is 2.72. The van der Waals surface area contributed by atoms with Gasteiger partial charge < -0.3 is 14.9 Å². The Kier molecular flexibility index (Phi) is 6.27. The molecule has 0 spiro atoms. The zero-order valence-electron chi connectivity index (χ0n) is 19.5. The van der Waals surface area contributed by atoms with Crippen molar-refractivity contribution in [3.63, 3.8) is 0 Å². The molecule has 0 saturated carbocycles. The fraction of sp³-hybridized carbons (Fsp3) is 0.148. The van der Waals surface area contributed by atoms with E-state index in [-0.39, 0.29) is 39.6 Å². The van der Waals surface area contributed by atoms with Crippen LogP contribution < -0.4 is 15.9 Å². The number of anilines is 1. The SMILES string of the molecule is CC(CCOc1ccc(C(=O)c2cccc3oc(-c4nn[nH]n4)c(N)c(=O)c23)cc1)c1ccccc1. The van der Waals surface area contributed by atoms with Gasteiger partial charge in [-0.3, -0.25) is 9.59 Å². The summed E-state index contributed by atoms with van der Waals surface area (Å²) in [6.07, 6.45) is 0.865. The molecule has 5 aromatic rings. The van der Waals surface area contributed by atoms with Gasteiger partial charge in [-0.1, -0.05) is 49.4 Å². The zero-order valence-corrected chi connectivity index (χ0v) is 19.5. The third-order valence-electron chi connectivity index (χ3n) is 6.05. The molecule has 3 N–H and O–H groups in total. The van der Waals surface area contributed by atoms with E-state index < -0.39 is 5.43 Å². The maximum absolute atomic E-state index is 13.3. The van der Waals surface area contributed by atoms with Crippen molar-refractivity contribution in [2.75, 3.05) is 12.3 Å². The van der Waals surface area contributed by atoms with Crippen molar-refractivity contribution < 1.29 is 13.9 Å². The van der Waals surface area contributed by atoms with Crippen molar-refractivity contribution in [2.24, 2.45) is 0 Å². The summed E-state index contributed by atoms with van der Waals surface area (Å²) in [7, 11) is 0. The Morgan fingerprint density at radius 1 is 1.06 bits per heavy atom. The number of aromatic amines is 1. The van der Waals surface area contributed by atoms with E-state index in [4.69, 9.17) is 14.9 Å². The molecule has 0 bridgehead atoms. The first-order chi connectivity index (χ1) is 17.5. The Balaban J connectivity index is 1.34. The molecule has 9 nitrogen and oxygen atoms in total. The van der Waals surface area contributed by atoms with E-state index >= 15 is 0 Å². The smallest absolute Gasteiger partial charge is 0.242 e. The molecule has 0 aliphatic rings. The Morgan fingerprint density at radius 2 is 1.83 bits per heavy atom. The molecule has 0 aliphatic heterocycles. The number of carbonyl (C=O) groups is 1. The monoisotopic (exact) mass is 481 g/mol. The summed E-state index contributed by atoms with van der Waals surface area (Å²) >= 11 is 0. The number of tetrazole rings is 1. The summed E-state index contributed by atoms with van der Waals surface area (Å²) in [5.74, 6) is 0.756. The molecule has 1 atom stereocenters. The molecule has 2 heterocycles. The second-order valence-corrected chi connectivity index (χ2v) is 8.39. The van der Waals surface area contributed by atoms with E-state index in [9.17, 15) is 9.59 Å². The van der Waals surface area contributed by atoms with Crippen LogP contribution in [-0.4, -0.2) is 33.0 Å². The Morgan fingerprint density at radius 3 is 2.56 bits per heavy atom. The van der Waals surface area contributed by atoms with E-state index in [1.54, 1.807) is 42.5 Å². The number of aromatic nitrogens is 4. The molecule has 3 aromatic carbocycles. The second kappa shape index (κ2) is 9.83. The number of nitrogens with one attached hydrogen (secondary N) is 1. The van der Waals surface area contributed by atoms with E-state index in [1.807, 2.05) is 18.2 Å². The first-order valence-electron chi connectivity index (χ1n) is 11.4. The number of fused-ring (bicyclic) bond motifs is 1. The molecule has 2 aromatic heterocycles. The van der Waals surface area contributed by atoms with Crippen LogP contribution in [0.3, 0.4) is 0 Å². The van der Waals surface area contributed by atoms with Crippen LogP contribution in [0.2, 0.25) is 0 Å². The van der Waals surface area contributed by atoms with E-state index in [0.717, 1.165) is 6.42 Å².